The van der Waals surface area contributed by atoms with Crippen molar-refractivity contribution in [3.8, 4) is 5.75 Å². The fourth-order valence-electron chi connectivity index (χ4n) is 4.28. The molecule has 0 aliphatic carbocycles. The summed E-state index contributed by atoms with van der Waals surface area (Å²) in [6.45, 7) is 3.71. The van der Waals surface area contributed by atoms with E-state index in [1.807, 2.05) is 79.7 Å². The van der Waals surface area contributed by atoms with Crippen molar-refractivity contribution < 1.29 is 14.3 Å². The Bertz CT molecular complexity index is 1150. The van der Waals surface area contributed by atoms with Crippen molar-refractivity contribution in [2.45, 2.75) is 32.6 Å². The first kappa shape index (κ1) is 26.2. The summed E-state index contributed by atoms with van der Waals surface area (Å²) in [4.78, 5) is 33.0. The summed E-state index contributed by atoms with van der Waals surface area (Å²) >= 11 is 0. The summed E-state index contributed by atoms with van der Waals surface area (Å²) < 4.78 is 6.01. The molecule has 0 bridgehead atoms. The maximum atomic E-state index is 13.3. The SMILES string of the molecule is Cc1ccccc1C(=O)N(CCCOc1ccc2c(c1)CCC(=O)N2C)CCc1cccnc1.Cl. The highest BCUT2D eigenvalue weighted by atomic mass is 35.5. The number of benzene rings is 2. The highest BCUT2D eigenvalue weighted by Gasteiger charge is 2.21. The van der Waals surface area contributed by atoms with Crippen molar-refractivity contribution in [3.63, 3.8) is 0 Å². The van der Waals surface area contributed by atoms with E-state index in [9.17, 15) is 9.59 Å². The Morgan fingerprint density at radius 2 is 1.91 bits per heavy atom. The van der Waals surface area contributed by atoms with Gasteiger partial charge in [0.1, 0.15) is 5.75 Å². The quantitative estimate of drug-likeness (QED) is 0.399. The molecular weight excluding hydrogens is 462 g/mol. The molecule has 2 heterocycles. The monoisotopic (exact) mass is 493 g/mol. The van der Waals surface area contributed by atoms with E-state index in [1.165, 1.54) is 0 Å². The Kier molecular flexibility index (Phi) is 9.26. The molecule has 0 spiro atoms. The van der Waals surface area contributed by atoms with Gasteiger partial charge in [-0.3, -0.25) is 14.6 Å². The maximum Gasteiger partial charge on any atom is 0.254 e. The summed E-state index contributed by atoms with van der Waals surface area (Å²) in [5, 5.41) is 0. The van der Waals surface area contributed by atoms with Gasteiger partial charge in [0.05, 0.1) is 6.61 Å². The van der Waals surface area contributed by atoms with Gasteiger partial charge in [0.15, 0.2) is 0 Å². The Morgan fingerprint density at radius 3 is 2.69 bits per heavy atom. The molecule has 35 heavy (non-hydrogen) atoms. The van der Waals surface area contributed by atoms with E-state index in [4.69, 9.17) is 4.74 Å². The van der Waals surface area contributed by atoms with Crippen LogP contribution in [0.25, 0.3) is 0 Å². The molecule has 6 nitrogen and oxygen atoms in total. The Hall–Kier alpha value is -3.38. The van der Waals surface area contributed by atoms with Gasteiger partial charge in [-0.05, 0) is 73.2 Å². The molecule has 4 rings (SSSR count). The third-order valence-electron chi connectivity index (χ3n) is 6.29. The molecule has 7 heteroatoms. The number of hydrogen-bond acceptors (Lipinski definition) is 4. The topological polar surface area (TPSA) is 62.7 Å². The van der Waals surface area contributed by atoms with Gasteiger partial charge in [-0.2, -0.15) is 0 Å². The summed E-state index contributed by atoms with van der Waals surface area (Å²) in [6, 6.07) is 17.6. The molecule has 2 amide bonds. The van der Waals surface area contributed by atoms with Crippen molar-refractivity contribution >= 4 is 29.9 Å². The minimum absolute atomic E-state index is 0. The minimum Gasteiger partial charge on any atom is -0.494 e. The van der Waals surface area contributed by atoms with Crippen molar-refractivity contribution in [2.75, 3.05) is 31.6 Å². The van der Waals surface area contributed by atoms with Gasteiger partial charge in [0.25, 0.3) is 5.91 Å². The molecule has 3 aromatic rings. The van der Waals surface area contributed by atoms with Crippen molar-refractivity contribution in [3.05, 3.63) is 89.2 Å². The van der Waals surface area contributed by atoms with Crippen molar-refractivity contribution in [2.24, 2.45) is 0 Å². The van der Waals surface area contributed by atoms with Gasteiger partial charge in [-0.25, -0.2) is 0 Å². The lowest BCUT2D eigenvalue weighted by molar-refractivity contribution is -0.118. The van der Waals surface area contributed by atoms with Crippen LogP contribution in [-0.4, -0.2) is 48.4 Å². The normalized spacial score (nSPS) is 12.5. The number of carbonyl (C=O) groups is 2. The second-order valence-electron chi connectivity index (χ2n) is 8.66. The maximum absolute atomic E-state index is 13.3. The average Bonchev–Trinajstić information content (AvgIpc) is 2.86. The van der Waals surface area contributed by atoms with Gasteiger partial charge < -0.3 is 14.5 Å². The third-order valence-corrected chi connectivity index (χ3v) is 6.29. The number of nitrogens with zero attached hydrogens (tertiary/aromatic N) is 3. The van der Waals surface area contributed by atoms with Crippen LogP contribution in [-0.2, 0) is 17.6 Å². The van der Waals surface area contributed by atoms with E-state index >= 15 is 0 Å². The zero-order valence-electron chi connectivity index (χ0n) is 20.3. The number of amides is 2. The number of halogens is 1. The predicted octanol–water partition coefficient (Wildman–Crippen LogP) is 4.87. The molecule has 0 saturated heterocycles. The van der Waals surface area contributed by atoms with Crippen LogP contribution in [0.3, 0.4) is 0 Å². The largest absolute Gasteiger partial charge is 0.494 e. The lowest BCUT2D eigenvalue weighted by Gasteiger charge is -2.26. The molecule has 0 radical (unpaired) electrons. The summed E-state index contributed by atoms with van der Waals surface area (Å²) in [6.07, 6.45) is 6.35. The zero-order chi connectivity index (χ0) is 23.9. The van der Waals surface area contributed by atoms with Gasteiger partial charge in [-0.1, -0.05) is 24.3 Å². The van der Waals surface area contributed by atoms with Crippen LogP contribution in [0.4, 0.5) is 5.69 Å². The highest BCUT2D eigenvalue weighted by molar-refractivity contribution is 5.96. The minimum atomic E-state index is 0. The Labute approximate surface area is 213 Å². The van der Waals surface area contributed by atoms with Gasteiger partial charge >= 0.3 is 0 Å². The summed E-state index contributed by atoms with van der Waals surface area (Å²) in [5.41, 5.74) is 4.91. The smallest absolute Gasteiger partial charge is 0.254 e. The van der Waals surface area contributed by atoms with Gasteiger partial charge in [-0.15, -0.1) is 12.4 Å². The zero-order valence-corrected chi connectivity index (χ0v) is 21.1. The second-order valence-corrected chi connectivity index (χ2v) is 8.66. The molecule has 184 valence electrons. The van der Waals surface area contributed by atoms with Gasteiger partial charge in [0, 0.05) is 50.2 Å². The second kappa shape index (κ2) is 12.4. The van der Waals surface area contributed by atoms with Crippen LogP contribution in [0, 0.1) is 6.92 Å². The number of aromatic nitrogens is 1. The Balaban J connectivity index is 0.00000342. The van der Waals surface area contributed by atoms with E-state index in [-0.39, 0.29) is 24.2 Å². The van der Waals surface area contributed by atoms with Crippen molar-refractivity contribution in [1.82, 2.24) is 9.88 Å². The fourth-order valence-corrected chi connectivity index (χ4v) is 4.28. The molecule has 0 fully saturated rings. The molecule has 0 saturated carbocycles. The lowest BCUT2D eigenvalue weighted by Crippen LogP contribution is -2.35. The first-order chi connectivity index (χ1) is 16.5. The molecule has 0 unspecified atom stereocenters. The van der Waals surface area contributed by atoms with E-state index in [0.29, 0.717) is 26.1 Å². The van der Waals surface area contributed by atoms with Crippen LogP contribution < -0.4 is 9.64 Å². The molecule has 1 aliphatic heterocycles. The van der Waals surface area contributed by atoms with Crippen LogP contribution in [0.2, 0.25) is 0 Å². The predicted molar refractivity (Wildman–Crippen MR) is 141 cm³/mol. The highest BCUT2D eigenvalue weighted by Crippen LogP contribution is 2.30. The average molecular weight is 494 g/mol. The van der Waals surface area contributed by atoms with Crippen LogP contribution in [0.15, 0.2) is 67.0 Å². The molecule has 1 aromatic heterocycles. The standard InChI is InChI=1S/C28H31N3O3.ClH/c1-21-7-3-4-9-25(21)28(33)31(17-14-22-8-5-15-29-20-22)16-6-18-34-24-11-12-26-23(19-24)10-13-27(32)30(26)2;/h3-5,7-9,11-12,15,19-20H,6,10,13-14,16-18H2,1-2H3;1H. The lowest BCUT2D eigenvalue weighted by atomic mass is 10.0. The number of ether oxygens (including phenoxy) is 1. The molecule has 0 N–H and O–H groups in total. The van der Waals surface area contributed by atoms with E-state index in [0.717, 1.165) is 53.0 Å². The third kappa shape index (κ3) is 6.61. The number of pyridine rings is 1. The number of rotatable bonds is 9. The van der Waals surface area contributed by atoms with Gasteiger partial charge in [0.2, 0.25) is 5.91 Å². The van der Waals surface area contributed by atoms with E-state index in [1.54, 1.807) is 11.1 Å². The summed E-state index contributed by atoms with van der Waals surface area (Å²) in [5.74, 6) is 0.989. The number of anilines is 1. The van der Waals surface area contributed by atoms with Crippen LogP contribution in [0.5, 0.6) is 5.75 Å². The molecule has 2 aromatic carbocycles. The number of hydrogen-bond donors (Lipinski definition) is 0. The fraction of sp³-hybridized carbons (Fsp3) is 0.321. The molecule has 0 atom stereocenters. The number of fused-ring (bicyclic) bond motifs is 1. The number of carbonyl (C=O) groups excluding carboxylic acids is 2. The van der Waals surface area contributed by atoms with E-state index < -0.39 is 0 Å². The van der Waals surface area contributed by atoms with Crippen LogP contribution in [0.1, 0.15) is 39.9 Å². The first-order valence-electron chi connectivity index (χ1n) is 11.8. The Morgan fingerprint density at radius 1 is 1.09 bits per heavy atom. The molecular formula is C28H32ClN3O3. The summed E-state index contributed by atoms with van der Waals surface area (Å²) in [7, 11) is 1.81. The van der Waals surface area contributed by atoms with Crippen molar-refractivity contribution in [1.29, 1.82) is 0 Å². The van der Waals surface area contributed by atoms with E-state index in [2.05, 4.69) is 4.98 Å². The molecule has 1 aliphatic rings. The first-order valence-corrected chi connectivity index (χ1v) is 11.8. The van der Waals surface area contributed by atoms with Crippen LogP contribution >= 0.6 is 12.4 Å². The number of aryl methyl sites for hydroxylation is 2.